The minimum absolute atomic E-state index is 0.0670. The average Bonchev–Trinajstić information content (AvgIpc) is 2.47. The van der Waals surface area contributed by atoms with Crippen LogP contribution in [-0.2, 0) is 0 Å². The molecule has 0 fully saturated rings. The van der Waals surface area contributed by atoms with Crippen molar-refractivity contribution in [2.75, 3.05) is 12.4 Å². The Bertz CT molecular complexity index is 464. The maximum atomic E-state index is 12.7. The van der Waals surface area contributed by atoms with Gasteiger partial charge in [-0.15, -0.1) is 0 Å². The van der Waals surface area contributed by atoms with Gasteiger partial charge in [0.2, 0.25) is 0 Å². The first-order chi connectivity index (χ1) is 9.94. The number of carbonyl (C=O) groups is 1. The van der Waals surface area contributed by atoms with Gasteiger partial charge in [-0.25, -0.2) is 4.79 Å². The molecule has 0 aliphatic carbocycles. The molecule has 1 aromatic carbocycles. The second-order valence-corrected chi connectivity index (χ2v) is 5.56. The van der Waals surface area contributed by atoms with Crippen LogP contribution < -0.4 is 10.1 Å². The lowest BCUT2D eigenvalue weighted by atomic mass is 10.1. The molecule has 4 heteroatoms. The zero-order valence-corrected chi connectivity index (χ0v) is 14.1. The van der Waals surface area contributed by atoms with E-state index in [2.05, 4.69) is 33.0 Å². The largest absolute Gasteiger partial charge is 0.495 e. The zero-order chi connectivity index (χ0) is 16.0. The van der Waals surface area contributed by atoms with Crippen molar-refractivity contribution in [2.24, 2.45) is 0 Å². The maximum absolute atomic E-state index is 12.7. The molecule has 21 heavy (non-hydrogen) atoms. The number of amides is 2. The van der Waals surface area contributed by atoms with Gasteiger partial charge in [0.05, 0.1) is 12.8 Å². The van der Waals surface area contributed by atoms with Crippen molar-refractivity contribution in [3.8, 4) is 5.75 Å². The Kier molecular flexibility index (Phi) is 6.53. The number of ether oxygens (including phenoxy) is 1. The Labute approximate surface area is 128 Å². The van der Waals surface area contributed by atoms with Crippen LogP contribution in [0.3, 0.4) is 0 Å². The number of rotatable bonds is 6. The van der Waals surface area contributed by atoms with E-state index in [1.807, 2.05) is 30.0 Å². The Hall–Kier alpha value is -1.71. The topological polar surface area (TPSA) is 41.6 Å². The molecule has 0 aliphatic rings. The summed E-state index contributed by atoms with van der Waals surface area (Å²) < 4.78 is 5.32. The van der Waals surface area contributed by atoms with E-state index < -0.39 is 0 Å². The van der Waals surface area contributed by atoms with E-state index in [1.54, 1.807) is 7.11 Å². The number of benzene rings is 1. The summed E-state index contributed by atoms with van der Waals surface area (Å²) in [6.45, 7) is 10.4. The summed E-state index contributed by atoms with van der Waals surface area (Å²) in [5.74, 6) is 0.683. The molecule has 1 aromatic rings. The third-order valence-electron chi connectivity index (χ3n) is 3.96. The number of anilines is 1. The summed E-state index contributed by atoms with van der Waals surface area (Å²) in [6.07, 6.45) is 1.87. The monoisotopic (exact) mass is 292 g/mol. The number of hydrogen-bond acceptors (Lipinski definition) is 2. The summed E-state index contributed by atoms with van der Waals surface area (Å²) in [7, 11) is 1.61. The summed E-state index contributed by atoms with van der Waals surface area (Å²) in [6, 6.07) is 6.12. The molecule has 4 nitrogen and oxygen atoms in total. The summed E-state index contributed by atoms with van der Waals surface area (Å²) in [4.78, 5) is 14.6. The molecule has 2 atom stereocenters. The molecule has 2 amide bonds. The van der Waals surface area contributed by atoms with Crippen molar-refractivity contribution >= 4 is 11.7 Å². The van der Waals surface area contributed by atoms with E-state index in [9.17, 15) is 4.79 Å². The number of hydrogen-bond donors (Lipinski definition) is 1. The number of nitrogens with zero attached hydrogens (tertiary/aromatic N) is 1. The lowest BCUT2D eigenvalue weighted by molar-refractivity contribution is 0.163. The molecule has 0 bridgehead atoms. The molecule has 0 spiro atoms. The number of nitrogens with one attached hydrogen (secondary N) is 1. The van der Waals surface area contributed by atoms with Gasteiger partial charge in [-0.1, -0.05) is 19.9 Å². The molecular formula is C17H28N2O2. The first kappa shape index (κ1) is 17.3. The van der Waals surface area contributed by atoms with E-state index in [4.69, 9.17) is 4.74 Å². The fourth-order valence-corrected chi connectivity index (χ4v) is 2.33. The van der Waals surface area contributed by atoms with Crippen LogP contribution in [0.2, 0.25) is 0 Å². The van der Waals surface area contributed by atoms with Crippen molar-refractivity contribution in [1.29, 1.82) is 0 Å². The van der Waals surface area contributed by atoms with Gasteiger partial charge in [0.25, 0.3) is 0 Å². The highest BCUT2D eigenvalue weighted by molar-refractivity contribution is 5.91. The van der Waals surface area contributed by atoms with Crippen molar-refractivity contribution < 1.29 is 9.53 Å². The smallest absolute Gasteiger partial charge is 0.322 e. The van der Waals surface area contributed by atoms with Crippen LogP contribution in [0.1, 0.15) is 46.1 Å². The molecule has 1 N–H and O–H groups in total. The highest BCUT2D eigenvalue weighted by atomic mass is 16.5. The number of urea groups is 1. The minimum atomic E-state index is -0.0670. The normalized spacial score (nSPS) is 13.4. The van der Waals surface area contributed by atoms with Crippen LogP contribution in [0.4, 0.5) is 10.5 Å². The van der Waals surface area contributed by atoms with Crippen LogP contribution in [0.25, 0.3) is 0 Å². The molecule has 0 radical (unpaired) electrons. The van der Waals surface area contributed by atoms with Crippen molar-refractivity contribution in [3.05, 3.63) is 23.8 Å². The third kappa shape index (κ3) is 4.38. The lowest BCUT2D eigenvalue weighted by Crippen LogP contribution is -2.46. The predicted molar refractivity (Wildman–Crippen MR) is 88.1 cm³/mol. The molecule has 1 rings (SSSR count). The van der Waals surface area contributed by atoms with Gasteiger partial charge in [0.15, 0.2) is 0 Å². The third-order valence-corrected chi connectivity index (χ3v) is 3.96. The fraction of sp³-hybridized carbons (Fsp3) is 0.588. The van der Waals surface area contributed by atoms with E-state index in [0.717, 1.165) is 24.1 Å². The highest BCUT2D eigenvalue weighted by Crippen LogP contribution is 2.26. The minimum Gasteiger partial charge on any atom is -0.495 e. The second-order valence-electron chi connectivity index (χ2n) is 5.56. The van der Waals surface area contributed by atoms with Crippen LogP contribution >= 0.6 is 0 Å². The Balaban J connectivity index is 2.98. The molecule has 118 valence electrons. The first-order valence-corrected chi connectivity index (χ1v) is 7.68. The molecule has 0 saturated heterocycles. The van der Waals surface area contributed by atoms with E-state index in [0.29, 0.717) is 5.75 Å². The van der Waals surface area contributed by atoms with Gasteiger partial charge in [-0.05, 0) is 51.3 Å². The van der Waals surface area contributed by atoms with Gasteiger partial charge < -0.3 is 15.0 Å². The molecule has 0 aromatic heterocycles. The molecule has 0 aliphatic heterocycles. The van der Waals surface area contributed by atoms with Crippen LogP contribution in [0, 0.1) is 6.92 Å². The van der Waals surface area contributed by atoms with Gasteiger partial charge in [0.1, 0.15) is 5.75 Å². The SMILES string of the molecule is CC[C@@H](C)N(C(=O)Nc1cc(C)ccc1OC)[C@@H](C)CC. The highest BCUT2D eigenvalue weighted by Gasteiger charge is 2.24. The van der Waals surface area contributed by atoms with Gasteiger partial charge in [0, 0.05) is 12.1 Å². The van der Waals surface area contributed by atoms with Crippen LogP contribution in [0.15, 0.2) is 18.2 Å². The van der Waals surface area contributed by atoms with E-state index >= 15 is 0 Å². The zero-order valence-electron chi connectivity index (χ0n) is 14.1. The van der Waals surface area contributed by atoms with Crippen LogP contribution in [0.5, 0.6) is 5.75 Å². The van der Waals surface area contributed by atoms with Crippen molar-refractivity contribution in [3.63, 3.8) is 0 Å². The van der Waals surface area contributed by atoms with Crippen LogP contribution in [-0.4, -0.2) is 30.1 Å². The standard InChI is InChI=1S/C17H28N2O2/c1-7-13(4)19(14(5)8-2)17(20)18-15-11-12(3)9-10-16(15)21-6/h9-11,13-14H,7-8H2,1-6H3,(H,18,20)/t13-,14+. The van der Waals surface area contributed by atoms with E-state index in [-0.39, 0.29) is 18.1 Å². The van der Waals surface area contributed by atoms with Gasteiger partial charge >= 0.3 is 6.03 Å². The second kappa shape index (κ2) is 7.91. The van der Waals surface area contributed by atoms with E-state index in [1.165, 1.54) is 0 Å². The van der Waals surface area contributed by atoms with Gasteiger partial charge in [-0.2, -0.15) is 0 Å². The molecule has 0 saturated carbocycles. The lowest BCUT2D eigenvalue weighted by Gasteiger charge is -2.34. The van der Waals surface area contributed by atoms with Crippen molar-refractivity contribution in [2.45, 2.75) is 59.5 Å². The Morgan fingerprint density at radius 3 is 2.29 bits per heavy atom. The maximum Gasteiger partial charge on any atom is 0.322 e. The predicted octanol–water partition coefficient (Wildman–Crippen LogP) is 4.43. The average molecular weight is 292 g/mol. The molecule has 0 heterocycles. The summed E-state index contributed by atoms with van der Waals surface area (Å²) >= 11 is 0. The number of aryl methyl sites for hydroxylation is 1. The Morgan fingerprint density at radius 1 is 1.24 bits per heavy atom. The first-order valence-electron chi connectivity index (χ1n) is 7.68. The quantitative estimate of drug-likeness (QED) is 0.842. The molecular weight excluding hydrogens is 264 g/mol. The van der Waals surface area contributed by atoms with Gasteiger partial charge in [-0.3, -0.25) is 0 Å². The summed E-state index contributed by atoms with van der Waals surface area (Å²) in [5.41, 5.74) is 1.81. The fourth-order valence-electron chi connectivity index (χ4n) is 2.33. The molecule has 0 unspecified atom stereocenters. The summed E-state index contributed by atoms with van der Waals surface area (Å²) in [5, 5.41) is 2.99. The van der Waals surface area contributed by atoms with Crippen molar-refractivity contribution in [1.82, 2.24) is 4.90 Å². The number of carbonyl (C=O) groups excluding carboxylic acids is 1. The number of methoxy groups -OCH3 is 1. The Morgan fingerprint density at radius 2 is 1.81 bits per heavy atom.